The van der Waals surface area contributed by atoms with E-state index in [1.165, 1.54) is 27.8 Å². The van der Waals surface area contributed by atoms with Crippen molar-refractivity contribution < 1.29 is 9.47 Å². The molecule has 6 nitrogen and oxygen atoms in total. The first-order valence-electron chi connectivity index (χ1n) is 18.4. The van der Waals surface area contributed by atoms with Gasteiger partial charge in [0.2, 0.25) is 0 Å². The number of rotatable bonds is 6. The molecule has 0 aliphatic carbocycles. The summed E-state index contributed by atoms with van der Waals surface area (Å²) in [6, 6.07) is 55.4. The van der Waals surface area contributed by atoms with Crippen LogP contribution in [0.5, 0.6) is 11.5 Å². The maximum Gasteiger partial charge on any atom is 0.130 e. The highest BCUT2D eigenvalue weighted by atomic mass is 16.5. The summed E-state index contributed by atoms with van der Waals surface area (Å²) in [6.07, 6.45) is 0. The number of para-hydroxylation sites is 2. The topological polar surface area (TPSA) is 41.1 Å². The second-order valence-electron chi connectivity index (χ2n) is 13.6. The third-order valence-corrected chi connectivity index (χ3v) is 9.56. The lowest BCUT2D eigenvalue weighted by molar-refractivity contribution is 0.156. The predicted octanol–water partition coefficient (Wildman–Crippen LogP) is 8.76. The number of ether oxygens (including phenoxy) is 2. The van der Waals surface area contributed by atoms with Gasteiger partial charge in [0, 0.05) is 70.0 Å². The Morgan fingerprint density at radius 3 is 1.19 bits per heavy atom. The molecule has 0 radical (unpaired) electrons. The molecule has 0 unspecified atom stereocenters. The largest absolute Gasteiger partial charge is 0.487 e. The minimum Gasteiger partial charge on any atom is -0.487 e. The molecule has 0 amide bonds. The highest BCUT2D eigenvalue weighted by molar-refractivity contribution is 5.35. The van der Waals surface area contributed by atoms with Crippen molar-refractivity contribution in [2.24, 2.45) is 0 Å². The molecule has 52 heavy (non-hydrogen) atoms. The van der Waals surface area contributed by atoms with E-state index in [0.717, 1.165) is 81.8 Å². The number of hydrogen-bond donors (Lipinski definition) is 0. The number of hydrogen-bond acceptors (Lipinski definition) is 6. The van der Waals surface area contributed by atoms with Gasteiger partial charge < -0.3 is 9.47 Å². The second-order valence-corrected chi connectivity index (χ2v) is 13.6. The van der Waals surface area contributed by atoms with Crippen molar-refractivity contribution in [1.82, 2.24) is 19.7 Å². The van der Waals surface area contributed by atoms with Crippen molar-refractivity contribution in [2.75, 3.05) is 26.2 Å². The Balaban J connectivity index is 1.21. The molecule has 264 valence electrons. The van der Waals surface area contributed by atoms with Crippen LogP contribution in [0.3, 0.4) is 0 Å². The van der Waals surface area contributed by atoms with Crippen LogP contribution in [-0.2, 0) is 45.9 Å². The van der Waals surface area contributed by atoms with Crippen LogP contribution in [-0.4, -0.2) is 45.9 Å². The maximum absolute atomic E-state index is 6.48. The van der Waals surface area contributed by atoms with E-state index in [-0.39, 0.29) is 0 Å². The summed E-state index contributed by atoms with van der Waals surface area (Å²) in [5.74, 6) is 1.79. The predicted molar refractivity (Wildman–Crippen MR) is 209 cm³/mol. The summed E-state index contributed by atoms with van der Waals surface area (Å²) in [5, 5.41) is 0. The molecule has 2 heterocycles. The Bertz CT molecular complexity index is 1840. The quantitative estimate of drug-likeness (QED) is 0.174. The van der Waals surface area contributed by atoms with Gasteiger partial charge >= 0.3 is 0 Å². The molecule has 0 fully saturated rings. The first-order chi connectivity index (χ1) is 25.7. The minimum atomic E-state index is 0.388. The molecule has 1 aliphatic rings. The number of nitrogens with zero attached hydrogens (tertiary/aromatic N) is 4. The van der Waals surface area contributed by atoms with E-state index < -0.39 is 0 Å². The maximum atomic E-state index is 6.48. The fourth-order valence-corrected chi connectivity index (χ4v) is 6.81. The normalized spacial score (nSPS) is 15.4. The van der Waals surface area contributed by atoms with Gasteiger partial charge in [-0.2, -0.15) is 0 Å². The van der Waals surface area contributed by atoms with Crippen LogP contribution in [0.1, 0.15) is 39.2 Å². The van der Waals surface area contributed by atoms with Gasteiger partial charge in [0.05, 0.1) is 11.4 Å². The number of fused-ring (bicyclic) bond motifs is 4. The van der Waals surface area contributed by atoms with Crippen LogP contribution in [0.15, 0.2) is 158 Å². The Morgan fingerprint density at radius 2 is 0.750 bits per heavy atom. The average Bonchev–Trinajstić information content (AvgIpc) is 3.19. The molecule has 0 saturated carbocycles. The summed E-state index contributed by atoms with van der Waals surface area (Å²) < 4.78 is 13.0. The fraction of sp³-hybridized carbons (Fsp3) is 0.239. The summed E-state index contributed by atoms with van der Waals surface area (Å²) >= 11 is 0. The summed E-state index contributed by atoms with van der Waals surface area (Å²) in [6.45, 7) is 8.63. The molecule has 0 saturated heterocycles. The zero-order chi connectivity index (χ0) is 35.2. The number of benzene rings is 5. The third-order valence-electron chi connectivity index (χ3n) is 9.56. The van der Waals surface area contributed by atoms with Crippen molar-refractivity contribution in [3.8, 4) is 11.5 Å². The lowest BCUT2D eigenvalue weighted by Gasteiger charge is -2.31. The van der Waals surface area contributed by atoms with Crippen molar-refractivity contribution in [3.63, 3.8) is 0 Å². The van der Waals surface area contributed by atoms with Gasteiger partial charge in [-0.3, -0.25) is 19.7 Å². The zero-order valence-corrected chi connectivity index (χ0v) is 29.9. The van der Waals surface area contributed by atoms with Crippen molar-refractivity contribution in [1.29, 1.82) is 0 Å². The molecular formula is C46H48N4O2. The highest BCUT2D eigenvalue weighted by Gasteiger charge is 2.17. The average molecular weight is 689 g/mol. The number of pyridine rings is 1. The van der Waals surface area contributed by atoms with E-state index in [0.29, 0.717) is 13.2 Å². The van der Waals surface area contributed by atoms with E-state index in [2.05, 4.69) is 154 Å². The van der Waals surface area contributed by atoms with Gasteiger partial charge in [0.1, 0.15) is 24.7 Å². The third kappa shape index (κ3) is 10.4. The monoisotopic (exact) mass is 688 g/mol. The first kappa shape index (κ1) is 35.1. The Hall–Kier alpha value is -5.27. The smallest absolute Gasteiger partial charge is 0.130 e. The fourth-order valence-electron chi connectivity index (χ4n) is 6.81. The molecule has 1 aromatic heterocycles. The van der Waals surface area contributed by atoms with Crippen molar-refractivity contribution >= 4 is 0 Å². The lowest BCUT2D eigenvalue weighted by Crippen LogP contribution is -2.39. The van der Waals surface area contributed by atoms with Crippen LogP contribution < -0.4 is 9.47 Å². The molecule has 0 spiro atoms. The molecule has 6 heteroatoms. The zero-order valence-electron chi connectivity index (χ0n) is 29.9. The van der Waals surface area contributed by atoms with Gasteiger partial charge in [0.15, 0.2) is 0 Å². The molecular weight excluding hydrogens is 641 g/mol. The molecule has 5 aromatic carbocycles. The van der Waals surface area contributed by atoms with Crippen molar-refractivity contribution in [2.45, 2.75) is 45.9 Å². The van der Waals surface area contributed by atoms with E-state index in [1.807, 2.05) is 18.2 Å². The van der Waals surface area contributed by atoms with Crippen LogP contribution in [0.2, 0.25) is 0 Å². The SMILES string of the molecule is c1ccc(CN2CCN(Cc3ccccc3)Cc3ccccc3OCc3cccc(n3)COc3ccccc3CN(Cc3ccccc3)CC2)cc1. The lowest BCUT2D eigenvalue weighted by atomic mass is 10.1. The van der Waals surface area contributed by atoms with Crippen LogP contribution >= 0.6 is 0 Å². The molecule has 0 N–H and O–H groups in total. The van der Waals surface area contributed by atoms with Crippen LogP contribution in [0, 0.1) is 0 Å². The summed E-state index contributed by atoms with van der Waals surface area (Å²) in [7, 11) is 0. The first-order valence-corrected chi connectivity index (χ1v) is 18.4. The van der Waals surface area contributed by atoms with Crippen LogP contribution in [0.4, 0.5) is 0 Å². The van der Waals surface area contributed by atoms with E-state index in [9.17, 15) is 0 Å². The summed E-state index contributed by atoms with van der Waals surface area (Å²) in [4.78, 5) is 12.6. The molecule has 2 bridgehead atoms. The van der Waals surface area contributed by atoms with E-state index in [1.54, 1.807) is 0 Å². The Kier molecular flexibility index (Phi) is 12.4. The van der Waals surface area contributed by atoms with Gasteiger partial charge in [-0.1, -0.05) is 133 Å². The van der Waals surface area contributed by atoms with Gasteiger partial charge in [0.25, 0.3) is 0 Å². The molecule has 1 aliphatic heterocycles. The van der Waals surface area contributed by atoms with Gasteiger partial charge in [-0.25, -0.2) is 0 Å². The molecule has 0 atom stereocenters. The summed E-state index contributed by atoms with van der Waals surface area (Å²) in [5.41, 5.74) is 8.05. The van der Waals surface area contributed by atoms with E-state index >= 15 is 0 Å². The van der Waals surface area contributed by atoms with Crippen molar-refractivity contribution in [3.05, 3.63) is 197 Å². The van der Waals surface area contributed by atoms with E-state index in [4.69, 9.17) is 14.5 Å². The van der Waals surface area contributed by atoms with Gasteiger partial charge in [-0.05, 0) is 41.0 Å². The highest BCUT2D eigenvalue weighted by Crippen LogP contribution is 2.25. The standard InChI is InChI=1S/C46H48N4O2/c1-4-15-38(16-5-1)31-48-27-29-49(32-39-17-6-2-7-18-39)34-41-21-10-12-25-45(41)51-36-43-23-14-24-44(47-43)37-52-46-26-13-11-22-42(46)35-50(30-28-48)33-40-19-8-3-9-20-40/h1-26H,27-37H2. The molecule has 7 rings (SSSR count). The Morgan fingerprint density at radius 1 is 0.385 bits per heavy atom. The second kappa shape index (κ2) is 18.3. The van der Waals surface area contributed by atoms with Gasteiger partial charge in [-0.15, -0.1) is 0 Å². The molecule has 6 aromatic rings. The number of aromatic nitrogens is 1. The minimum absolute atomic E-state index is 0.388. The van der Waals surface area contributed by atoms with Crippen LogP contribution in [0.25, 0.3) is 0 Å². The Labute approximate surface area is 308 Å².